The first-order valence-electron chi connectivity index (χ1n) is 6.05. The van der Waals surface area contributed by atoms with Crippen LogP contribution in [-0.2, 0) is 14.7 Å². The number of rotatable bonds is 4. The van der Waals surface area contributed by atoms with Crippen LogP contribution < -0.4 is 35.3 Å². The summed E-state index contributed by atoms with van der Waals surface area (Å²) in [6.07, 6.45) is 3.02. The van der Waals surface area contributed by atoms with Crippen LogP contribution in [0.25, 0.3) is 5.70 Å². The maximum atomic E-state index is 11.9. The Labute approximate surface area is 152 Å². The van der Waals surface area contributed by atoms with E-state index in [2.05, 4.69) is 9.38 Å². The number of urea groups is 1. The van der Waals surface area contributed by atoms with Crippen LogP contribution in [0.4, 0.5) is 4.79 Å². The number of hydroxylamine groups is 2. The van der Waals surface area contributed by atoms with E-state index >= 15 is 0 Å². The van der Waals surface area contributed by atoms with E-state index in [9.17, 15) is 22.6 Å². The number of fused-ring (bicyclic) bond motifs is 2. The predicted molar refractivity (Wildman–Crippen MR) is 68.4 cm³/mol. The molecular formula is C10H10N5NaO6S. The van der Waals surface area contributed by atoms with Crippen LogP contribution in [-0.4, -0.2) is 63.8 Å². The third-order valence-corrected chi connectivity index (χ3v) is 3.56. The Morgan fingerprint density at radius 3 is 2.74 bits per heavy atom. The van der Waals surface area contributed by atoms with E-state index in [4.69, 9.17) is 5.73 Å². The largest absolute Gasteiger partial charge is 1.00 e. The minimum Gasteiger partial charge on any atom is -0.724 e. The zero-order valence-corrected chi connectivity index (χ0v) is 14.8. The molecule has 1 aromatic rings. The second kappa shape index (κ2) is 6.22. The third-order valence-electron chi connectivity index (χ3n) is 3.21. The van der Waals surface area contributed by atoms with Gasteiger partial charge in [-0.15, -0.1) is 0 Å². The van der Waals surface area contributed by atoms with Crippen molar-refractivity contribution in [2.45, 2.75) is 6.04 Å². The van der Waals surface area contributed by atoms with Gasteiger partial charge in [-0.05, 0) is 12.1 Å². The average Bonchev–Trinajstić information content (AvgIpc) is 2.98. The summed E-state index contributed by atoms with van der Waals surface area (Å²) < 4.78 is 37.5. The topological polar surface area (TPSA) is 151 Å². The summed E-state index contributed by atoms with van der Waals surface area (Å²) in [6, 6.07) is -0.0770. The van der Waals surface area contributed by atoms with Gasteiger partial charge in [0.1, 0.15) is 11.7 Å². The Hall–Kier alpha value is -1.44. The van der Waals surface area contributed by atoms with Crippen molar-refractivity contribution in [1.82, 2.24) is 19.7 Å². The molecule has 2 bridgehead atoms. The molecule has 3 amide bonds. The average molecular weight is 351 g/mol. The Bertz CT molecular complexity index is 789. The second-order valence-corrected chi connectivity index (χ2v) is 5.67. The Kier molecular flexibility index (Phi) is 4.84. The fourth-order valence-electron chi connectivity index (χ4n) is 2.33. The van der Waals surface area contributed by atoms with E-state index < -0.39 is 28.4 Å². The number of nitrogens with two attached hydrogens (primary N) is 1. The van der Waals surface area contributed by atoms with E-state index in [1.807, 2.05) is 0 Å². The fraction of sp³-hybridized carbons (Fsp3) is 0.300. The van der Waals surface area contributed by atoms with Crippen molar-refractivity contribution in [1.29, 1.82) is 0 Å². The molecule has 11 nitrogen and oxygen atoms in total. The van der Waals surface area contributed by atoms with Gasteiger partial charge in [0.25, 0.3) is 5.91 Å². The molecule has 0 aliphatic carbocycles. The number of aromatic nitrogens is 2. The molecule has 1 aromatic heterocycles. The van der Waals surface area contributed by atoms with Crippen molar-refractivity contribution in [3.8, 4) is 0 Å². The first-order valence-corrected chi connectivity index (χ1v) is 7.38. The molecule has 0 saturated carbocycles. The zero-order valence-electron chi connectivity index (χ0n) is 11.9. The molecule has 3 heterocycles. The molecule has 0 aromatic carbocycles. The van der Waals surface area contributed by atoms with Crippen molar-refractivity contribution in [2.24, 2.45) is 5.73 Å². The second-order valence-electron chi connectivity index (χ2n) is 4.71. The van der Waals surface area contributed by atoms with Gasteiger partial charge < -0.3 is 15.2 Å². The SMILES string of the molecule is NC(=O)c1ccn(C2=CC3CN(C2)C(=O)N3OS(=O)(=O)[O-])n1.[Na+]. The van der Waals surface area contributed by atoms with Gasteiger partial charge in [-0.2, -0.15) is 14.4 Å². The standard InChI is InChI=1S/C10H11N5O6S.Na/c11-9(16)8-1-2-14(12-8)6-3-7-5-13(4-6)10(17)15(7)21-22(18,19)20;/h1-3,7H,4-5H2,(H2,11,16)(H,18,19,20);/q;+1/p-1. The Morgan fingerprint density at radius 2 is 2.17 bits per heavy atom. The van der Waals surface area contributed by atoms with Crippen molar-refractivity contribution in [2.75, 3.05) is 13.1 Å². The quantitative estimate of drug-likeness (QED) is 0.325. The maximum absolute atomic E-state index is 11.9. The smallest absolute Gasteiger partial charge is 0.724 e. The number of primary amides is 1. The number of carbonyl (C=O) groups is 2. The van der Waals surface area contributed by atoms with Crippen molar-refractivity contribution in [3.63, 3.8) is 0 Å². The summed E-state index contributed by atoms with van der Waals surface area (Å²) in [6.45, 7) is 0.301. The predicted octanol–water partition coefficient (Wildman–Crippen LogP) is -4.66. The molecule has 13 heteroatoms. The van der Waals surface area contributed by atoms with E-state index in [1.165, 1.54) is 27.9 Å². The summed E-state index contributed by atoms with van der Waals surface area (Å²) >= 11 is 0. The van der Waals surface area contributed by atoms with Crippen LogP contribution in [0.15, 0.2) is 18.3 Å². The molecule has 3 rings (SSSR count). The number of hydrogen-bond acceptors (Lipinski definition) is 7. The molecule has 1 atom stereocenters. The molecule has 0 spiro atoms. The molecule has 118 valence electrons. The van der Waals surface area contributed by atoms with Gasteiger partial charge in [-0.25, -0.2) is 17.9 Å². The molecular weight excluding hydrogens is 341 g/mol. The van der Waals surface area contributed by atoms with Gasteiger partial charge >= 0.3 is 35.6 Å². The Morgan fingerprint density at radius 1 is 1.48 bits per heavy atom. The van der Waals surface area contributed by atoms with Crippen molar-refractivity contribution < 1.29 is 56.4 Å². The van der Waals surface area contributed by atoms with Crippen molar-refractivity contribution >= 4 is 28.0 Å². The summed E-state index contributed by atoms with van der Waals surface area (Å²) in [5.41, 5.74) is 5.68. The van der Waals surface area contributed by atoms with Crippen LogP contribution in [0, 0.1) is 0 Å². The fourth-order valence-corrected chi connectivity index (χ4v) is 2.70. The van der Waals surface area contributed by atoms with Crippen LogP contribution in [0.2, 0.25) is 0 Å². The van der Waals surface area contributed by atoms with E-state index in [0.29, 0.717) is 10.8 Å². The summed E-state index contributed by atoms with van der Waals surface area (Å²) in [4.78, 5) is 24.3. The van der Waals surface area contributed by atoms with E-state index in [1.54, 1.807) is 0 Å². The minimum absolute atomic E-state index is 0. The van der Waals surface area contributed by atoms with E-state index in [-0.39, 0.29) is 48.3 Å². The van der Waals surface area contributed by atoms with Gasteiger partial charge in [0.2, 0.25) is 10.4 Å². The number of amides is 3. The molecule has 0 radical (unpaired) electrons. The van der Waals surface area contributed by atoms with E-state index in [0.717, 1.165) is 0 Å². The van der Waals surface area contributed by atoms with Gasteiger partial charge in [0.05, 0.1) is 12.2 Å². The Balaban J connectivity index is 0.00000192. The molecule has 2 aliphatic heterocycles. The summed E-state index contributed by atoms with van der Waals surface area (Å²) in [7, 11) is -5.05. The van der Waals surface area contributed by atoms with Crippen LogP contribution in [0.5, 0.6) is 0 Å². The van der Waals surface area contributed by atoms with Gasteiger partial charge in [-0.1, -0.05) is 0 Å². The normalized spacial score (nSPS) is 20.3. The molecule has 2 aliphatic rings. The van der Waals surface area contributed by atoms with Crippen LogP contribution >= 0.6 is 0 Å². The number of carbonyl (C=O) groups excluding carboxylic acids is 2. The molecule has 23 heavy (non-hydrogen) atoms. The molecule has 2 N–H and O–H groups in total. The zero-order chi connectivity index (χ0) is 16.1. The first-order chi connectivity index (χ1) is 10.2. The molecule has 1 saturated heterocycles. The monoisotopic (exact) mass is 351 g/mol. The number of hydrogen-bond donors (Lipinski definition) is 1. The number of nitrogens with zero attached hydrogens (tertiary/aromatic N) is 4. The third kappa shape index (κ3) is 3.57. The first kappa shape index (κ1) is 17.9. The summed E-state index contributed by atoms with van der Waals surface area (Å²) in [5, 5.41) is 4.46. The summed E-state index contributed by atoms with van der Waals surface area (Å²) in [5.74, 6) is -0.697. The van der Waals surface area contributed by atoms with Gasteiger partial charge in [-0.3, -0.25) is 4.79 Å². The molecule has 1 unspecified atom stereocenters. The van der Waals surface area contributed by atoms with Gasteiger partial charge in [0.15, 0.2) is 0 Å². The van der Waals surface area contributed by atoms with Gasteiger partial charge in [0, 0.05) is 12.7 Å². The maximum Gasteiger partial charge on any atom is 1.00 e. The van der Waals surface area contributed by atoms with Crippen LogP contribution in [0.3, 0.4) is 0 Å². The molecule has 1 fully saturated rings. The minimum atomic E-state index is -5.05. The van der Waals surface area contributed by atoms with Crippen LogP contribution in [0.1, 0.15) is 10.5 Å². The van der Waals surface area contributed by atoms with Crippen molar-refractivity contribution in [3.05, 3.63) is 24.0 Å².